The van der Waals surface area contributed by atoms with E-state index in [4.69, 9.17) is 5.11 Å². The summed E-state index contributed by atoms with van der Waals surface area (Å²) in [5.74, 6) is -5.05. The van der Waals surface area contributed by atoms with E-state index in [1.54, 1.807) is 0 Å². The van der Waals surface area contributed by atoms with Gasteiger partial charge in [-0.25, -0.2) is 13.6 Å². The molecule has 1 aromatic rings. The van der Waals surface area contributed by atoms with Gasteiger partial charge in [-0.05, 0) is 11.6 Å². The Kier molecular flexibility index (Phi) is 2.17. The van der Waals surface area contributed by atoms with Crippen LogP contribution < -0.4 is 0 Å². The van der Waals surface area contributed by atoms with Crippen LogP contribution in [0.3, 0.4) is 0 Å². The number of hydrogen-bond donors (Lipinski definition) is 1. The van der Waals surface area contributed by atoms with Crippen LogP contribution >= 0.6 is 0 Å². The predicted octanol–water partition coefficient (Wildman–Crippen LogP) is 1.67. The summed E-state index contributed by atoms with van der Waals surface area (Å²) in [5.41, 5.74) is 0. The van der Waals surface area contributed by atoms with E-state index in [0.717, 1.165) is 0 Å². The van der Waals surface area contributed by atoms with Crippen LogP contribution in [0.1, 0.15) is 41.7 Å². The fraction of sp³-hybridized carbons (Fsp3) is 0.625. The lowest BCUT2D eigenvalue weighted by Crippen LogP contribution is -2.09. The highest BCUT2D eigenvalue weighted by atomic mass is 19.3. The van der Waals surface area contributed by atoms with E-state index in [1.165, 1.54) is 0 Å². The Morgan fingerprint density at radius 3 is 2.80 bits per heavy atom. The molecule has 1 aliphatic rings. The van der Waals surface area contributed by atoms with Crippen LogP contribution in [0.4, 0.5) is 8.78 Å². The van der Waals surface area contributed by atoms with Gasteiger partial charge in [0.05, 0.1) is 0 Å². The summed E-state index contributed by atoms with van der Waals surface area (Å²) in [6, 6.07) is 0. The molecule has 1 aromatic heterocycles. The number of carbonyl (C=O) groups is 1. The van der Waals surface area contributed by atoms with Crippen LogP contribution in [-0.4, -0.2) is 27.1 Å². The first-order chi connectivity index (χ1) is 6.98. The molecule has 15 heavy (non-hydrogen) atoms. The summed E-state index contributed by atoms with van der Waals surface area (Å²) in [7, 11) is 0. The number of carboxylic acid groups (broad SMARTS) is 1. The number of alkyl halides is 2. The maximum absolute atomic E-state index is 12.8. The molecule has 0 amide bonds. The Balaban J connectivity index is 2.14. The summed E-state index contributed by atoms with van der Waals surface area (Å²) in [6.07, 6.45) is -0.328. The van der Waals surface area contributed by atoms with Gasteiger partial charge < -0.3 is 9.63 Å². The zero-order valence-corrected chi connectivity index (χ0v) is 7.61. The molecule has 7 heteroatoms. The van der Waals surface area contributed by atoms with E-state index in [-0.39, 0.29) is 25.2 Å². The van der Waals surface area contributed by atoms with Crippen LogP contribution in [0.2, 0.25) is 0 Å². The van der Waals surface area contributed by atoms with Gasteiger partial charge in [-0.3, -0.25) is 0 Å². The number of halogens is 2. The van der Waals surface area contributed by atoms with Crippen molar-refractivity contribution in [1.29, 1.82) is 0 Å². The van der Waals surface area contributed by atoms with Gasteiger partial charge in [-0.15, -0.1) is 0 Å². The second kappa shape index (κ2) is 3.25. The monoisotopic (exact) mass is 218 g/mol. The minimum absolute atomic E-state index is 0.00965. The maximum Gasteiger partial charge on any atom is 0.377 e. The molecule has 1 aliphatic carbocycles. The molecule has 0 bridgehead atoms. The number of carboxylic acids is 1. The van der Waals surface area contributed by atoms with Gasteiger partial charge in [0.25, 0.3) is 5.82 Å². The average molecular weight is 218 g/mol. The quantitative estimate of drug-likeness (QED) is 0.816. The van der Waals surface area contributed by atoms with Gasteiger partial charge in [0.2, 0.25) is 11.8 Å². The number of hydrogen-bond acceptors (Lipinski definition) is 4. The Morgan fingerprint density at radius 2 is 2.33 bits per heavy atom. The van der Waals surface area contributed by atoms with Crippen LogP contribution in [0, 0.1) is 0 Å². The number of aromatic carboxylic acids is 1. The summed E-state index contributed by atoms with van der Waals surface area (Å²) < 4.78 is 30.3. The third kappa shape index (κ3) is 1.95. The first-order valence-electron chi connectivity index (χ1n) is 4.43. The number of rotatable bonds is 2. The van der Waals surface area contributed by atoms with Crippen LogP contribution in [0.25, 0.3) is 0 Å². The SMILES string of the molecule is O=C(O)c1noc(C2CCC(F)(F)C2)n1. The van der Waals surface area contributed by atoms with Gasteiger partial charge in [0.1, 0.15) is 0 Å². The highest BCUT2D eigenvalue weighted by molar-refractivity contribution is 5.82. The molecule has 1 unspecified atom stereocenters. The van der Waals surface area contributed by atoms with Gasteiger partial charge >= 0.3 is 5.97 Å². The van der Waals surface area contributed by atoms with Crippen molar-refractivity contribution in [2.24, 2.45) is 0 Å². The first-order valence-corrected chi connectivity index (χ1v) is 4.43. The van der Waals surface area contributed by atoms with Crippen molar-refractivity contribution in [3.05, 3.63) is 11.7 Å². The fourth-order valence-corrected chi connectivity index (χ4v) is 1.65. The number of aromatic nitrogens is 2. The van der Waals surface area contributed by atoms with Crippen molar-refractivity contribution in [2.45, 2.75) is 31.1 Å². The topological polar surface area (TPSA) is 76.2 Å². The average Bonchev–Trinajstić information content (AvgIpc) is 2.70. The minimum Gasteiger partial charge on any atom is -0.475 e. The summed E-state index contributed by atoms with van der Waals surface area (Å²) in [5, 5.41) is 11.7. The molecule has 2 rings (SSSR count). The minimum atomic E-state index is -2.71. The van der Waals surface area contributed by atoms with Gasteiger partial charge in [-0.1, -0.05) is 0 Å². The van der Waals surface area contributed by atoms with Crippen LogP contribution in [0.15, 0.2) is 4.52 Å². The molecule has 1 saturated carbocycles. The molecular formula is C8H8F2N2O3. The third-order valence-electron chi connectivity index (χ3n) is 2.39. The molecular weight excluding hydrogens is 210 g/mol. The van der Waals surface area contributed by atoms with E-state index in [1.807, 2.05) is 0 Å². The molecule has 0 radical (unpaired) electrons. The second-order valence-electron chi connectivity index (χ2n) is 3.56. The van der Waals surface area contributed by atoms with Gasteiger partial charge in [0.15, 0.2) is 0 Å². The second-order valence-corrected chi connectivity index (χ2v) is 3.56. The smallest absolute Gasteiger partial charge is 0.377 e. The van der Waals surface area contributed by atoms with Crippen LogP contribution in [0.5, 0.6) is 0 Å². The van der Waals surface area contributed by atoms with Crippen LogP contribution in [-0.2, 0) is 0 Å². The molecule has 1 atom stereocenters. The zero-order chi connectivity index (χ0) is 11.1. The first kappa shape index (κ1) is 10.0. The van der Waals surface area contributed by atoms with Crippen molar-refractivity contribution in [3.63, 3.8) is 0 Å². The van der Waals surface area contributed by atoms with Crippen molar-refractivity contribution >= 4 is 5.97 Å². The number of nitrogens with zero attached hydrogens (tertiary/aromatic N) is 2. The van der Waals surface area contributed by atoms with E-state index in [2.05, 4.69) is 14.7 Å². The lowest BCUT2D eigenvalue weighted by Gasteiger charge is -2.05. The van der Waals surface area contributed by atoms with Gasteiger partial charge in [-0.2, -0.15) is 4.98 Å². The van der Waals surface area contributed by atoms with Crippen molar-refractivity contribution in [2.75, 3.05) is 0 Å². The van der Waals surface area contributed by atoms with E-state index in [0.29, 0.717) is 0 Å². The molecule has 0 aliphatic heterocycles. The highest BCUT2D eigenvalue weighted by Gasteiger charge is 2.42. The van der Waals surface area contributed by atoms with E-state index >= 15 is 0 Å². The maximum atomic E-state index is 12.8. The highest BCUT2D eigenvalue weighted by Crippen LogP contribution is 2.43. The molecule has 1 N–H and O–H groups in total. The molecule has 0 saturated heterocycles. The summed E-state index contributed by atoms with van der Waals surface area (Å²) >= 11 is 0. The lowest BCUT2D eigenvalue weighted by molar-refractivity contribution is 0.00688. The Morgan fingerprint density at radius 1 is 1.60 bits per heavy atom. The standard InChI is InChI=1S/C8H8F2N2O3/c9-8(10)2-1-4(3-8)6-11-5(7(13)14)12-15-6/h4H,1-3H2,(H,13,14). The third-order valence-corrected chi connectivity index (χ3v) is 2.39. The normalized spacial score (nSPS) is 24.3. The molecule has 82 valence electrons. The molecule has 5 nitrogen and oxygen atoms in total. The molecule has 1 fully saturated rings. The predicted molar refractivity (Wildman–Crippen MR) is 42.8 cm³/mol. The van der Waals surface area contributed by atoms with Crippen molar-refractivity contribution in [3.8, 4) is 0 Å². The summed E-state index contributed by atoms with van der Waals surface area (Å²) in [4.78, 5) is 14.0. The molecule has 1 heterocycles. The lowest BCUT2D eigenvalue weighted by atomic mass is 10.1. The fourth-order valence-electron chi connectivity index (χ4n) is 1.65. The Bertz CT molecular complexity index is 391. The zero-order valence-electron chi connectivity index (χ0n) is 7.61. The van der Waals surface area contributed by atoms with Crippen molar-refractivity contribution in [1.82, 2.24) is 10.1 Å². The van der Waals surface area contributed by atoms with Crippen molar-refractivity contribution < 1.29 is 23.2 Å². The Hall–Kier alpha value is -1.53. The van der Waals surface area contributed by atoms with E-state index < -0.39 is 23.6 Å². The molecule has 0 spiro atoms. The molecule has 0 aromatic carbocycles. The summed E-state index contributed by atoms with van der Waals surface area (Å²) in [6.45, 7) is 0. The Labute approximate surface area is 83.1 Å². The van der Waals surface area contributed by atoms with E-state index in [9.17, 15) is 13.6 Å². The van der Waals surface area contributed by atoms with Gasteiger partial charge in [0, 0.05) is 18.8 Å². The largest absolute Gasteiger partial charge is 0.475 e.